The van der Waals surface area contributed by atoms with E-state index in [-0.39, 0.29) is 24.2 Å². The van der Waals surface area contributed by atoms with Crippen LogP contribution >= 0.6 is 0 Å². The van der Waals surface area contributed by atoms with Crippen LogP contribution in [0.4, 0.5) is 9.18 Å². The number of carbonyl (C=O) groups excluding carboxylic acids is 2. The Labute approximate surface area is 116 Å². The van der Waals surface area contributed by atoms with Crippen LogP contribution in [0.2, 0.25) is 0 Å². The summed E-state index contributed by atoms with van der Waals surface area (Å²) in [6.45, 7) is 1.64. The molecule has 0 aliphatic carbocycles. The van der Waals surface area contributed by atoms with Gasteiger partial charge in [-0.05, 0) is 18.1 Å². The van der Waals surface area contributed by atoms with Crippen molar-refractivity contribution in [3.05, 3.63) is 35.6 Å². The van der Waals surface area contributed by atoms with Crippen molar-refractivity contribution in [3.8, 4) is 0 Å². The van der Waals surface area contributed by atoms with E-state index in [1.165, 1.54) is 11.0 Å². The Balaban J connectivity index is 1.65. The Morgan fingerprint density at radius 3 is 2.90 bits per heavy atom. The fourth-order valence-corrected chi connectivity index (χ4v) is 1.99. The van der Waals surface area contributed by atoms with E-state index >= 15 is 0 Å². The van der Waals surface area contributed by atoms with E-state index in [0.717, 1.165) is 0 Å². The van der Waals surface area contributed by atoms with Gasteiger partial charge in [-0.1, -0.05) is 18.2 Å². The first kappa shape index (κ1) is 14.3. The first-order valence-electron chi connectivity index (χ1n) is 6.58. The highest BCUT2D eigenvalue weighted by Crippen LogP contribution is 2.06. The summed E-state index contributed by atoms with van der Waals surface area (Å²) in [5, 5.41) is 2.71. The zero-order chi connectivity index (χ0) is 14.4. The second kappa shape index (κ2) is 6.88. The summed E-state index contributed by atoms with van der Waals surface area (Å²) in [5.74, 6) is -0.414. The largest absolute Gasteiger partial charge is 0.448 e. The smallest absolute Gasteiger partial charge is 0.409 e. The number of nitrogens with one attached hydrogen (secondary N) is 1. The molecule has 2 amide bonds. The van der Waals surface area contributed by atoms with Crippen molar-refractivity contribution in [2.24, 2.45) is 0 Å². The molecule has 20 heavy (non-hydrogen) atoms. The monoisotopic (exact) mass is 280 g/mol. The molecule has 1 aliphatic rings. The van der Waals surface area contributed by atoms with Gasteiger partial charge < -0.3 is 15.0 Å². The van der Waals surface area contributed by atoms with Crippen molar-refractivity contribution in [1.82, 2.24) is 10.2 Å². The Bertz CT molecular complexity index is 493. The maximum absolute atomic E-state index is 13.3. The molecule has 1 saturated heterocycles. The van der Waals surface area contributed by atoms with Crippen LogP contribution in [0.5, 0.6) is 0 Å². The first-order chi connectivity index (χ1) is 9.66. The third-order valence-corrected chi connectivity index (χ3v) is 3.13. The molecule has 1 heterocycles. The normalized spacial score (nSPS) is 14.2. The third kappa shape index (κ3) is 3.94. The minimum Gasteiger partial charge on any atom is -0.448 e. The Kier molecular flexibility index (Phi) is 4.92. The van der Waals surface area contributed by atoms with E-state index in [1.54, 1.807) is 18.2 Å². The number of hydrogen-bond acceptors (Lipinski definition) is 3. The van der Waals surface area contributed by atoms with E-state index in [4.69, 9.17) is 4.74 Å². The molecule has 0 radical (unpaired) electrons. The lowest BCUT2D eigenvalue weighted by Crippen LogP contribution is -2.32. The molecule has 1 aliphatic heterocycles. The minimum absolute atomic E-state index is 0.152. The predicted molar refractivity (Wildman–Crippen MR) is 70.7 cm³/mol. The maximum Gasteiger partial charge on any atom is 0.409 e. The molecule has 1 N–H and O–H groups in total. The Morgan fingerprint density at radius 1 is 1.40 bits per heavy atom. The standard InChI is InChI=1S/C14H17FN2O3/c15-12-4-2-1-3-11(12)5-7-16-13(18)6-8-17-9-10-20-14(17)19/h1-4H,5-10H2,(H,16,18). The van der Waals surface area contributed by atoms with Crippen molar-refractivity contribution < 1.29 is 18.7 Å². The summed E-state index contributed by atoms with van der Waals surface area (Å²) < 4.78 is 18.1. The Morgan fingerprint density at radius 2 is 2.20 bits per heavy atom. The first-order valence-corrected chi connectivity index (χ1v) is 6.58. The van der Waals surface area contributed by atoms with Gasteiger partial charge in [0.15, 0.2) is 0 Å². The molecule has 0 spiro atoms. The topological polar surface area (TPSA) is 58.6 Å². The van der Waals surface area contributed by atoms with E-state index in [0.29, 0.717) is 38.2 Å². The van der Waals surface area contributed by atoms with Crippen molar-refractivity contribution in [3.63, 3.8) is 0 Å². The summed E-state index contributed by atoms with van der Waals surface area (Å²) in [5.41, 5.74) is 0.580. The molecule has 108 valence electrons. The van der Waals surface area contributed by atoms with Gasteiger partial charge in [0, 0.05) is 19.5 Å². The van der Waals surface area contributed by atoms with Crippen LogP contribution in [0.25, 0.3) is 0 Å². The van der Waals surface area contributed by atoms with E-state index < -0.39 is 0 Å². The lowest BCUT2D eigenvalue weighted by molar-refractivity contribution is -0.121. The van der Waals surface area contributed by atoms with E-state index in [1.807, 2.05) is 0 Å². The molecule has 0 bridgehead atoms. The zero-order valence-electron chi connectivity index (χ0n) is 11.1. The molecule has 2 rings (SSSR count). The SMILES string of the molecule is O=C(CCN1CCOC1=O)NCCc1ccccc1F. The fourth-order valence-electron chi connectivity index (χ4n) is 1.99. The molecule has 0 atom stereocenters. The number of ether oxygens (including phenoxy) is 1. The van der Waals surface area contributed by atoms with Gasteiger partial charge in [0.25, 0.3) is 0 Å². The van der Waals surface area contributed by atoms with Crippen LogP contribution in [0, 0.1) is 5.82 Å². The molecule has 0 saturated carbocycles. The second-order valence-electron chi connectivity index (χ2n) is 4.54. The van der Waals surface area contributed by atoms with E-state index in [2.05, 4.69) is 5.32 Å². The number of carbonyl (C=O) groups is 2. The summed E-state index contributed by atoms with van der Waals surface area (Å²) in [7, 11) is 0. The summed E-state index contributed by atoms with van der Waals surface area (Å²) in [4.78, 5) is 24.2. The van der Waals surface area contributed by atoms with Crippen molar-refractivity contribution >= 4 is 12.0 Å². The number of benzene rings is 1. The number of rotatable bonds is 6. The predicted octanol–water partition coefficient (Wildman–Crippen LogP) is 1.33. The number of hydrogen-bond donors (Lipinski definition) is 1. The maximum atomic E-state index is 13.3. The third-order valence-electron chi connectivity index (χ3n) is 3.13. The van der Waals surface area contributed by atoms with Crippen LogP contribution in [0.15, 0.2) is 24.3 Å². The van der Waals surface area contributed by atoms with Gasteiger partial charge in [0.2, 0.25) is 5.91 Å². The quantitative estimate of drug-likeness (QED) is 0.855. The highest BCUT2D eigenvalue weighted by atomic mass is 19.1. The Hall–Kier alpha value is -2.11. The zero-order valence-corrected chi connectivity index (χ0v) is 11.1. The molecule has 1 fully saturated rings. The molecule has 1 aromatic carbocycles. The van der Waals surface area contributed by atoms with Gasteiger partial charge in [-0.15, -0.1) is 0 Å². The average molecular weight is 280 g/mol. The van der Waals surface area contributed by atoms with Gasteiger partial charge in [0.1, 0.15) is 12.4 Å². The highest BCUT2D eigenvalue weighted by Gasteiger charge is 2.21. The number of amides is 2. The number of halogens is 1. The van der Waals surface area contributed by atoms with Crippen LogP contribution in [-0.4, -0.2) is 43.1 Å². The van der Waals surface area contributed by atoms with Gasteiger partial charge >= 0.3 is 6.09 Å². The number of cyclic esters (lactones) is 1. The average Bonchev–Trinajstić information content (AvgIpc) is 2.84. The summed E-state index contributed by atoms with van der Waals surface area (Å²) in [6.07, 6.45) is 0.306. The van der Waals surface area contributed by atoms with Crippen LogP contribution in [0.1, 0.15) is 12.0 Å². The van der Waals surface area contributed by atoms with E-state index in [9.17, 15) is 14.0 Å². The molecule has 6 heteroatoms. The lowest BCUT2D eigenvalue weighted by Gasteiger charge is -2.12. The van der Waals surface area contributed by atoms with Gasteiger partial charge in [-0.3, -0.25) is 4.79 Å². The molecule has 0 unspecified atom stereocenters. The van der Waals surface area contributed by atoms with Crippen molar-refractivity contribution in [2.45, 2.75) is 12.8 Å². The fraction of sp³-hybridized carbons (Fsp3) is 0.429. The molecule has 0 aromatic heterocycles. The number of nitrogens with zero attached hydrogens (tertiary/aromatic N) is 1. The van der Waals surface area contributed by atoms with Crippen LogP contribution in [0.3, 0.4) is 0 Å². The minimum atomic E-state index is -0.371. The van der Waals surface area contributed by atoms with Gasteiger partial charge in [0.05, 0.1) is 6.54 Å². The highest BCUT2D eigenvalue weighted by molar-refractivity contribution is 5.77. The molecular formula is C14H17FN2O3. The second-order valence-corrected chi connectivity index (χ2v) is 4.54. The summed E-state index contributed by atoms with van der Waals surface area (Å²) >= 11 is 0. The van der Waals surface area contributed by atoms with Gasteiger partial charge in [-0.25, -0.2) is 9.18 Å². The van der Waals surface area contributed by atoms with Gasteiger partial charge in [-0.2, -0.15) is 0 Å². The summed E-state index contributed by atoms with van der Waals surface area (Å²) in [6, 6.07) is 6.49. The molecule has 5 nitrogen and oxygen atoms in total. The van der Waals surface area contributed by atoms with Crippen LogP contribution < -0.4 is 5.32 Å². The van der Waals surface area contributed by atoms with Crippen molar-refractivity contribution in [1.29, 1.82) is 0 Å². The van der Waals surface area contributed by atoms with Crippen molar-refractivity contribution in [2.75, 3.05) is 26.2 Å². The molecule has 1 aromatic rings. The lowest BCUT2D eigenvalue weighted by atomic mass is 10.1. The van der Waals surface area contributed by atoms with Crippen LogP contribution in [-0.2, 0) is 16.0 Å². The molecular weight excluding hydrogens is 263 g/mol.